The number of fused-ring (bicyclic) bond motifs is 1. The highest BCUT2D eigenvalue weighted by molar-refractivity contribution is 9.11. The largest absolute Gasteiger partial charge is 0.276 e. The maximum absolute atomic E-state index is 12.2. The molecule has 23 heavy (non-hydrogen) atoms. The molecule has 1 aliphatic carbocycles. The van der Waals surface area contributed by atoms with Gasteiger partial charge in [0.15, 0.2) is 0 Å². The number of hydrazine groups is 1. The summed E-state index contributed by atoms with van der Waals surface area (Å²) < 4.78 is 25.0. The average Bonchev–Trinajstić information content (AvgIpc) is 3.07. The molecule has 2 heterocycles. The molecular weight excluding hydrogens is 420 g/mol. The zero-order valence-corrected chi connectivity index (χ0v) is 16.1. The van der Waals surface area contributed by atoms with E-state index < -0.39 is 15.9 Å². The van der Waals surface area contributed by atoms with E-state index in [4.69, 9.17) is 0 Å². The highest BCUT2D eigenvalue weighted by Gasteiger charge is 2.20. The van der Waals surface area contributed by atoms with Crippen LogP contribution in [0.5, 0.6) is 0 Å². The van der Waals surface area contributed by atoms with Crippen LogP contribution in [0.25, 0.3) is 0 Å². The third-order valence-corrected chi connectivity index (χ3v) is 8.18. The number of amides is 1. The van der Waals surface area contributed by atoms with Crippen LogP contribution in [0, 0.1) is 0 Å². The van der Waals surface area contributed by atoms with E-state index in [-0.39, 0.29) is 4.21 Å². The normalized spacial score (nSPS) is 15.0. The molecule has 124 valence electrons. The van der Waals surface area contributed by atoms with Crippen molar-refractivity contribution in [2.75, 3.05) is 0 Å². The van der Waals surface area contributed by atoms with Gasteiger partial charge in [0, 0.05) is 4.88 Å². The van der Waals surface area contributed by atoms with Gasteiger partial charge in [0.1, 0.15) is 4.21 Å². The van der Waals surface area contributed by atoms with Crippen LogP contribution in [0.4, 0.5) is 0 Å². The van der Waals surface area contributed by atoms with Gasteiger partial charge in [-0.25, -0.2) is 8.42 Å². The monoisotopic (exact) mass is 434 g/mol. The molecule has 0 atom stereocenters. The first kappa shape index (κ1) is 17.1. The second-order valence-electron chi connectivity index (χ2n) is 5.24. The number of hydrogen-bond acceptors (Lipinski definition) is 5. The van der Waals surface area contributed by atoms with E-state index in [1.54, 1.807) is 6.07 Å². The van der Waals surface area contributed by atoms with Gasteiger partial charge >= 0.3 is 0 Å². The number of sulfonamides is 1. The molecule has 2 aromatic rings. The van der Waals surface area contributed by atoms with Gasteiger partial charge in [0.05, 0.1) is 8.66 Å². The first-order chi connectivity index (χ1) is 11.0. The second-order valence-corrected chi connectivity index (χ2v) is 10.7. The predicted molar refractivity (Wildman–Crippen MR) is 95.4 cm³/mol. The lowest BCUT2D eigenvalue weighted by Crippen LogP contribution is -2.40. The number of carbonyl (C=O) groups excluding carboxylic acids is 1. The number of carbonyl (C=O) groups is 1. The predicted octanol–water partition coefficient (Wildman–Crippen LogP) is 3.46. The van der Waals surface area contributed by atoms with Crippen LogP contribution in [0.2, 0.25) is 0 Å². The molecular formula is C14H15BrN2O3S3. The topological polar surface area (TPSA) is 75.3 Å². The lowest BCUT2D eigenvalue weighted by Gasteiger charge is -2.05. The van der Waals surface area contributed by atoms with Crippen molar-refractivity contribution in [3.8, 4) is 0 Å². The molecule has 0 aliphatic heterocycles. The molecule has 2 aromatic heterocycles. The van der Waals surface area contributed by atoms with Gasteiger partial charge in [0.25, 0.3) is 15.9 Å². The van der Waals surface area contributed by atoms with E-state index >= 15 is 0 Å². The van der Waals surface area contributed by atoms with Crippen LogP contribution in [-0.4, -0.2) is 14.3 Å². The van der Waals surface area contributed by atoms with Crippen molar-refractivity contribution < 1.29 is 13.2 Å². The van der Waals surface area contributed by atoms with Crippen LogP contribution in [0.1, 0.15) is 39.4 Å². The van der Waals surface area contributed by atoms with Gasteiger partial charge in [-0.3, -0.25) is 10.2 Å². The Labute approximate surface area is 151 Å². The number of halogens is 1. The van der Waals surface area contributed by atoms with Crippen LogP contribution >= 0.6 is 38.6 Å². The fraction of sp³-hybridized carbons (Fsp3) is 0.357. The Morgan fingerprint density at radius 1 is 1.13 bits per heavy atom. The summed E-state index contributed by atoms with van der Waals surface area (Å²) in [5.74, 6) is -0.415. The molecule has 0 unspecified atom stereocenters. The van der Waals surface area contributed by atoms with E-state index in [0.717, 1.165) is 37.0 Å². The highest BCUT2D eigenvalue weighted by Crippen LogP contribution is 2.29. The Bertz CT molecular complexity index is 803. The summed E-state index contributed by atoms with van der Waals surface area (Å²) in [7, 11) is -3.74. The van der Waals surface area contributed by atoms with Crippen molar-refractivity contribution in [2.24, 2.45) is 0 Å². The molecule has 0 aromatic carbocycles. The van der Waals surface area contributed by atoms with E-state index in [1.807, 2.05) is 6.07 Å². The SMILES string of the molecule is O=C(NNS(=O)(=O)c1ccc(Br)s1)c1cc2c(s1)CCCCC2. The summed E-state index contributed by atoms with van der Waals surface area (Å²) in [5, 5.41) is 0. The van der Waals surface area contributed by atoms with E-state index in [0.29, 0.717) is 8.66 Å². The van der Waals surface area contributed by atoms with E-state index in [1.165, 1.54) is 34.3 Å². The summed E-state index contributed by atoms with van der Waals surface area (Å²) in [5.41, 5.74) is 3.52. The number of hydrogen-bond donors (Lipinski definition) is 2. The van der Waals surface area contributed by atoms with Crippen molar-refractivity contribution in [1.82, 2.24) is 10.3 Å². The van der Waals surface area contributed by atoms with Crippen molar-refractivity contribution in [3.63, 3.8) is 0 Å². The Kier molecular flexibility index (Phi) is 5.22. The minimum absolute atomic E-state index is 0.145. The maximum atomic E-state index is 12.2. The Balaban J connectivity index is 1.68. The molecule has 3 rings (SSSR count). The summed E-state index contributed by atoms with van der Waals surface area (Å²) >= 11 is 5.76. The van der Waals surface area contributed by atoms with Gasteiger partial charge in [0.2, 0.25) is 0 Å². The zero-order valence-electron chi connectivity index (χ0n) is 12.1. The van der Waals surface area contributed by atoms with Gasteiger partial charge in [-0.1, -0.05) is 6.42 Å². The Morgan fingerprint density at radius 2 is 1.91 bits per heavy atom. The first-order valence-electron chi connectivity index (χ1n) is 7.15. The number of nitrogens with one attached hydrogen (secondary N) is 2. The van der Waals surface area contributed by atoms with Crippen molar-refractivity contribution in [1.29, 1.82) is 0 Å². The van der Waals surface area contributed by atoms with Crippen molar-refractivity contribution in [2.45, 2.75) is 36.3 Å². The molecule has 0 saturated carbocycles. The minimum Gasteiger partial charge on any atom is -0.273 e. The molecule has 2 N–H and O–H groups in total. The molecule has 0 saturated heterocycles. The number of aryl methyl sites for hydroxylation is 2. The van der Waals surface area contributed by atoms with Crippen LogP contribution in [0.3, 0.4) is 0 Å². The number of thiophene rings is 2. The smallest absolute Gasteiger partial charge is 0.273 e. The van der Waals surface area contributed by atoms with Gasteiger partial charge < -0.3 is 0 Å². The van der Waals surface area contributed by atoms with E-state index in [2.05, 4.69) is 26.2 Å². The maximum Gasteiger partial charge on any atom is 0.276 e. The third kappa shape index (κ3) is 4.03. The summed E-state index contributed by atoms with van der Waals surface area (Å²) in [6, 6.07) is 5.02. The van der Waals surface area contributed by atoms with Crippen molar-refractivity contribution >= 4 is 54.5 Å². The fourth-order valence-electron chi connectivity index (χ4n) is 2.45. The lowest BCUT2D eigenvalue weighted by molar-refractivity contribution is 0.0949. The first-order valence-corrected chi connectivity index (χ1v) is 11.1. The Morgan fingerprint density at radius 3 is 2.65 bits per heavy atom. The molecule has 1 aliphatic rings. The summed E-state index contributed by atoms with van der Waals surface area (Å²) in [6.45, 7) is 0. The van der Waals surface area contributed by atoms with Crippen molar-refractivity contribution in [3.05, 3.63) is 37.3 Å². The second kappa shape index (κ2) is 7.02. The lowest BCUT2D eigenvalue weighted by atomic mass is 10.1. The van der Waals surface area contributed by atoms with Gasteiger partial charge in [-0.15, -0.1) is 27.5 Å². The number of rotatable bonds is 4. The molecule has 0 fully saturated rings. The van der Waals surface area contributed by atoms with Gasteiger partial charge in [-0.2, -0.15) is 0 Å². The standard InChI is InChI=1S/C14H15BrN2O3S3/c15-12-6-7-13(22-12)23(19,20)17-16-14(18)11-8-9-4-2-1-3-5-10(9)21-11/h6-8,17H,1-5H2,(H,16,18). The molecule has 0 bridgehead atoms. The molecule has 5 nitrogen and oxygen atoms in total. The Hall–Kier alpha value is -0.740. The van der Waals surface area contributed by atoms with Gasteiger partial charge in [-0.05, 0) is 65.4 Å². The highest BCUT2D eigenvalue weighted by atomic mass is 79.9. The molecule has 9 heteroatoms. The summed E-state index contributed by atoms with van der Waals surface area (Å²) in [4.78, 5) is 16.1. The summed E-state index contributed by atoms with van der Waals surface area (Å²) in [6.07, 6.45) is 5.51. The van der Waals surface area contributed by atoms with Crippen LogP contribution in [-0.2, 0) is 22.9 Å². The van der Waals surface area contributed by atoms with Crippen LogP contribution in [0.15, 0.2) is 26.2 Å². The quantitative estimate of drug-likeness (QED) is 0.571. The molecule has 1 amide bonds. The average molecular weight is 435 g/mol. The fourth-order valence-corrected chi connectivity index (χ4v) is 6.44. The minimum atomic E-state index is -3.74. The molecule has 0 spiro atoms. The van der Waals surface area contributed by atoms with E-state index in [9.17, 15) is 13.2 Å². The third-order valence-electron chi connectivity index (χ3n) is 3.58. The zero-order chi connectivity index (χ0) is 16.4. The molecule has 0 radical (unpaired) electrons. The van der Waals surface area contributed by atoms with Crippen LogP contribution < -0.4 is 10.3 Å².